The van der Waals surface area contributed by atoms with Crippen LogP contribution < -0.4 is 15.6 Å². The zero-order chi connectivity index (χ0) is 14.8. The lowest BCUT2D eigenvalue weighted by Gasteiger charge is -2.27. The average molecular weight is 288 g/mol. The average Bonchev–Trinajstić information content (AvgIpc) is 2.49. The topological polar surface area (TPSA) is 54.1 Å². The largest absolute Gasteiger partial charge is 0.494 e. The first-order valence-electron chi connectivity index (χ1n) is 6.99. The van der Waals surface area contributed by atoms with Crippen molar-refractivity contribution in [3.05, 3.63) is 57.8 Å². The van der Waals surface area contributed by atoms with E-state index in [-0.39, 0.29) is 23.2 Å². The fraction of sp³-hybridized carbons (Fsp3) is 0.312. The van der Waals surface area contributed by atoms with Gasteiger partial charge in [0, 0.05) is 23.5 Å². The molecule has 1 aliphatic rings. The zero-order valence-electron chi connectivity index (χ0n) is 11.8. The Hall–Kier alpha value is -2.30. The molecule has 0 saturated carbocycles. The number of aromatic nitrogens is 1. The summed E-state index contributed by atoms with van der Waals surface area (Å²) in [5, 5.41) is 3.39. The lowest BCUT2D eigenvalue weighted by atomic mass is 9.91. The molecule has 1 atom stereocenters. The normalized spacial score (nSPS) is 17.1. The molecule has 0 fully saturated rings. The lowest BCUT2D eigenvalue weighted by molar-refractivity contribution is 0.386. The molecule has 4 nitrogen and oxygen atoms in total. The highest BCUT2D eigenvalue weighted by Crippen LogP contribution is 2.32. The summed E-state index contributed by atoms with van der Waals surface area (Å²) in [7, 11) is 1.45. The van der Waals surface area contributed by atoms with E-state index in [4.69, 9.17) is 4.74 Å². The molecule has 0 radical (unpaired) electrons. The maximum absolute atomic E-state index is 13.4. The van der Waals surface area contributed by atoms with Crippen molar-refractivity contribution in [3.8, 4) is 5.75 Å². The Labute approximate surface area is 122 Å². The Morgan fingerprint density at radius 3 is 3.00 bits per heavy atom. The van der Waals surface area contributed by atoms with Gasteiger partial charge in [0.15, 0.2) is 11.6 Å². The van der Waals surface area contributed by atoms with E-state index in [1.54, 1.807) is 18.2 Å². The van der Waals surface area contributed by atoms with Gasteiger partial charge >= 0.3 is 0 Å². The second-order valence-corrected chi connectivity index (χ2v) is 5.19. The van der Waals surface area contributed by atoms with Crippen LogP contribution in [0.1, 0.15) is 30.1 Å². The highest BCUT2D eigenvalue weighted by molar-refractivity contribution is 5.51. The summed E-state index contributed by atoms with van der Waals surface area (Å²) in [5.41, 5.74) is 2.82. The van der Waals surface area contributed by atoms with E-state index < -0.39 is 0 Å². The number of aromatic amines is 1. The van der Waals surface area contributed by atoms with Crippen LogP contribution in [-0.4, -0.2) is 12.1 Å². The van der Waals surface area contributed by atoms with Crippen LogP contribution in [0.25, 0.3) is 0 Å². The standard InChI is InChI=1S/C16H17FN2O2/c1-21-15-9-10(5-7-12(15)17)18-13-3-2-4-14-11(13)6-8-16(20)19-14/h5-9,13,18H,2-4H2,1H3,(H,19,20). The van der Waals surface area contributed by atoms with E-state index in [0.29, 0.717) is 0 Å². The van der Waals surface area contributed by atoms with Gasteiger partial charge in [-0.25, -0.2) is 4.39 Å². The fourth-order valence-corrected chi connectivity index (χ4v) is 2.80. The molecule has 0 aliphatic heterocycles. The van der Waals surface area contributed by atoms with E-state index in [2.05, 4.69) is 10.3 Å². The quantitative estimate of drug-likeness (QED) is 0.913. The Morgan fingerprint density at radius 1 is 1.33 bits per heavy atom. The SMILES string of the molecule is COc1cc(NC2CCCc3[nH]c(=O)ccc32)ccc1F. The molecule has 0 amide bonds. The Morgan fingerprint density at radius 2 is 2.19 bits per heavy atom. The minimum absolute atomic E-state index is 0.0714. The van der Waals surface area contributed by atoms with Gasteiger partial charge in [0.2, 0.25) is 5.56 Å². The Kier molecular flexibility index (Phi) is 3.64. The summed E-state index contributed by atoms with van der Waals surface area (Å²) in [6.45, 7) is 0. The molecule has 21 heavy (non-hydrogen) atoms. The first kappa shape index (κ1) is 13.7. The number of nitrogens with one attached hydrogen (secondary N) is 2. The number of H-pyrrole nitrogens is 1. The monoisotopic (exact) mass is 288 g/mol. The van der Waals surface area contributed by atoms with Crippen LogP contribution in [0.4, 0.5) is 10.1 Å². The van der Waals surface area contributed by atoms with Crippen LogP contribution in [0.2, 0.25) is 0 Å². The van der Waals surface area contributed by atoms with Gasteiger partial charge in [-0.05, 0) is 43.0 Å². The number of hydrogen-bond acceptors (Lipinski definition) is 3. The number of methoxy groups -OCH3 is 1. The number of rotatable bonds is 3. The highest BCUT2D eigenvalue weighted by atomic mass is 19.1. The zero-order valence-corrected chi connectivity index (χ0v) is 11.8. The fourth-order valence-electron chi connectivity index (χ4n) is 2.80. The van der Waals surface area contributed by atoms with Crippen LogP contribution in [0.5, 0.6) is 5.75 Å². The minimum Gasteiger partial charge on any atom is -0.494 e. The number of aryl methyl sites for hydroxylation is 1. The molecule has 0 bridgehead atoms. The first-order valence-corrected chi connectivity index (χ1v) is 6.99. The van der Waals surface area contributed by atoms with Crippen molar-refractivity contribution >= 4 is 5.69 Å². The molecule has 0 saturated heterocycles. The van der Waals surface area contributed by atoms with Crippen molar-refractivity contribution in [2.24, 2.45) is 0 Å². The summed E-state index contributed by atoms with van der Waals surface area (Å²) in [4.78, 5) is 14.3. The Balaban J connectivity index is 1.88. The van der Waals surface area contributed by atoms with Crippen molar-refractivity contribution in [1.82, 2.24) is 4.98 Å². The molecule has 110 valence electrons. The number of hydrogen-bond donors (Lipinski definition) is 2. The number of halogens is 1. The number of ether oxygens (including phenoxy) is 1. The number of anilines is 1. The summed E-state index contributed by atoms with van der Waals surface area (Å²) in [5.74, 6) is -0.158. The van der Waals surface area contributed by atoms with Crippen LogP contribution in [-0.2, 0) is 6.42 Å². The molecule has 1 aliphatic carbocycles. The maximum Gasteiger partial charge on any atom is 0.248 e. The molecule has 1 aromatic carbocycles. The number of pyridine rings is 1. The van der Waals surface area contributed by atoms with Gasteiger partial charge in [0.05, 0.1) is 13.2 Å². The van der Waals surface area contributed by atoms with Crippen molar-refractivity contribution in [1.29, 1.82) is 0 Å². The summed E-state index contributed by atoms with van der Waals surface area (Å²) in [6.07, 6.45) is 2.86. The maximum atomic E-state index is 13.4. The molecule has 0 spiro atoms. The van der Waals surface area contributed by atoms with Crippen molar-refractivity contribution in [2.45, 2.75) is 25.3 Å². The summed E-state index contributed by atoms with van der Waals surface area (Å²) >= 11 is 0. The molecular formula is C16H17FN2O2. The summed E-state index contributed by atoms with van der Waals surface area (Å²) < 4.78 is 18.4. The van der Waals surface area contributed by atoms with Gasteiger partial charge < -0.3 is 15.0 Å². The van der Waals surface area contributed by atoms with Gasteiger partial charge in [-0.3, -0.25) is 4.79 Å². The lowest BCUT2D eigenvalue weighted by Crippen LogP contribution is -2.21. The predicted octanol–water partition coefficient (Wildman–Crippen LogP) is 3.01. The minimum atomic E-state index is -0.378. The number of fused-ring (bicyclic) bond motifs is 1. The van der Waals surface area contributed by atoms with E-state index in [1.165, 1.54) is 13.2 Å². The third-order valence-corrected chi connectivity index (χ3v) is 3.82. The smallest absolute Gasteiger partial charge is 0.248 e. The second-order valence-electron chi connectivity index (χ2n) is 5.19. The molecule has 1 aromatic heterocycles. The van der Waals surface area contributed by atoms with Crippen LogP contribution in [0.3, 0.4) is 0 Å². The van der Waals surface area contributed by atoms with E-state index in [0.717, 1.165) is 36.2 Å². The van der Waals surface area contributed by atoms with Crippen molar-refractivity contribution in [3.63, 3.8) is 0 Å². The van der Waals surface area contributed by atoms with Crippen LogP contribution in [0, 0.1) is 5.82 Å². The summed E-state index contributed by atoms with van der Waals surface area (Å²) in [6, 6.07) is 8.25. The van der Waals surface area contributed by atoms with Gasteiger partial charge in [-0.2, -0.15) is 0 Å². The highest BCUT2D eigenvalue weighted by Gasteiger charge is 2.21. The molecule has 2 N–H and O–H groups in total. The molecule has 1 heterocycles. The molecule has 2 aromatic rings. The third kappa shape index (κ3) is 2.77. The number of benzene rings is 1. The van der Waals surface area contributed by atoms with Crippen LogP contribution in [0.15, 0.2) is 35.1 Å². The second kappa shape index (κ2) is 5.60. The van der Waals surface area contributed by atoms with Crippen LogP contribution >= 0.6 is 0 Å². The Bertz CT molecular complexity index is 712. The molecule has 3 rings (SSSR count). The predicted molar refractivity (Wildman–Crippen MR) is 79.3 cm³/mol. The van der Waals surface area contributed by atoms with Gasteiger partial charge in [0.1, 0.15) is 0 Å². The van der Waals surface area contributed by atoms with Gasteiger partial charge in [-0.15, -0.1) is 0 Å². The van der Waals surface area contributed by atoms with Gasteiger partial charge in [-0.1, -0.05) is 0 Å². The van der Waals surface area contributed by atoms with Crippen molar-refractivity contribution in [2.75, 3.05) is 12.4 Å². The van der Waals surface area contributed by atoms with Gasteiger partial charge in [0.25, 0.3) is 0 Å². The van der Waals surface area contributed by atoms with E-state index >= 15 is 0 Å². The first-order chi connectivity index (χ1) is 10.2. The molecule has 5 heteroatoms. The van der Waals surface area contributed by atoms with Crippen molar-refractivity contribution < 1.29 is 9.13 Å². The van der Waals surface area contributed by atoms with E-state index in [9.17, 15) is 9.18 Å². The molecular weight excluding hydrogens is 271 g/mol. The molecule has 1 unspecified atom stereocenters. The third-order valence-electron chi connectivity index (χ3n) is 3.82. The van der Waals surface area contributed by atoms with E-state index in [1.807, 2.05) is 6.07 Å².